The van der Waals surface area contributed by atoms with Crippen LogP contribution in [-0.4, -0.2) is 20.2 Å². The molecule has 1 aliphatic carbocycles. The van der Waals surface area contributed by atoms with E-state index in [9.17, 15) is 8.42 Å². The van der Waals surface area contributed by atoms with Crippen LogP contribution in [0.3, 0.4) is 0 Å². The summed E-state index contributed by atoms with van der Waals surface area (Å²) in [5.74, 6) is 0.552. The van der Waals surface area contributed by atoms with E-state index in [0.717, 1.165) is 19.3 Å². The average molecular weight is 230 g/mol. The first-order valence-electron chi connectivity index (χ1n) is 5.37. The molecule has 0 aromatic rings. The van der Waals surface area contributed by atoms with E-state index in [1.807, 2.05) is 0 Å². The number of hydrogen-bond donors (Lipinski definition) is 1. The van der Waals surface area contributed by atoms with Gasteiger partial charge in [0.15, 0.2) is 5.75 Å². The zero-order valence-electron chi connectivity index (χ0n) is 9.23. The van der Waals surface area contributed by atoms with Crippen LogP contribution in [0.1, 0.15) is 33.1 Å². The van der Waals surface area contributed by atoms with Gasteiger partial charge in [-0.1, -0.05) is 20.3 Å². The lowest BCUT2D eigenvalue weighted by Gasteiger charge is -2.20. The van der Waals surface area contributed by atoms with Crippen molar-refractivity contribution in [1.82, 2.24) is 4.72 Å². The summed E-state index contributed by atoms with van der Waals surface area (Å²) in [6.45, 7) is 4.22. The van der Waals surface area contributed by atoms with Crippen LogP contribution in [0.25, 0.3) is 0 Å². The van der Waals surface area contributed by atoms with E-state index in [1.54, 1.807) is 6.07 Å². The van der Waals surface area contributed by atoms with Crippen LogP contribution >= 0.6 is 0 Å². The van der Waals surface area contributed by atoms with Gasteiger partial charge in [-0.15, -0.1) is 0 Å². The monoisotopic (exact) mass is 230 g/mol. The third kappa shape index (κ3) is 3.18. The minimum Gasteiger partial charge on any atom is -0.211 e. The Morgan fingerprint density at radius 3 is 2.60 bits per heavy atom. The first-order valence-corrected chi connectivity index (χ1v) is 7.02. The van der Waals surface area contributed by atoms with E-state index in [-0.39, 0.29) is 6.04 Å². The molecule has 4 nitrogen and oxygen atoms in total. The molecule has 0 aromatic carbocycles. The highest BCUT2D eigenvalue weighted by Crippen LogP contribution is 2.34. The molecule has 1 aliphatic rings. The van der Waals surface area contributed by atoms with Crippen LogP contribution in [0.4, 0.5) is 0 Å². The molecular weight excluding hydrogens is 212 g/mol. The zero-order valence-corrected chi connectivity index (χ0v) is 10.0. The molecule has 1 fully saturated rings. The molecular formula is C10H18N2O2S. The largest absolute Gasteiger partial charge is 0.225 e. The highest BCUT2D eigenvalue weighted by atomic mass is 32.2. The lowest BCUT2D eigenvalue weighted by molar-refractivity contribution is 0.369. The van der Waals surface area contributed by atoms with Gasteiger partial charge in [0.1, 0.15) is 0 Å². The van der Waals surface area contributed by atoms with Crippen molar-refractivity contribution in [2.24, 2.45) is 11.8 Å². The Kier molecular flexibility index (Phi) is 4.12. The Bertz CT molecular complexity index is 345. The first kappa shape index (κ1) is 12.5. The molecule has 0 saturated heterocycles. The van der Waals surface area contributed by atoms with Crippen molar-refractivity contribution < 1.29 is 8.42 Å². The number of sulfonamides is 1. The Morgan fingerprint density at radius 1 is 1.47 bits per heavy atom. The van der Waals surface area contributed by atoms with Gasteiger partial charge in [0.25, 0.3) is 0 Å². The fraction of sp³-hybridized carbons (Fsp3) is 0.900. The van der Waals surface area contributed by atoms with Gasteiger partial charge in [0.05, 0.1) is 6.07 Å². The van der Waals surface area contributed by atoms with Crippen LogP contribution in [-0.2, 0) is 10.0 Å². The standard InChI is InChI=1S/C10H18N2O2S/c1-3-9-4-5-10(8(9)2)12-15(13,14)7-6-11/h8-10,12H,3-5,7H2,1-2H3. The Labute approximate surface area is 91.7 Å². The molecule has 0 heterocycles. The van der Waals surface area contributed by atoms with E-state index in [0.29, 0.717) is 11.8 Å². The van der Waals surface area contributed by atoms with Crippen LogP contribution < -0.4 is 4.72 Å². The van der Waals surface area contributed by atoms with Crippen molar-refractivity contribution in [3.05, 3.63) is 0 Å². The molecule has 0 radical (unpaired) electrons. The quantitative estimate of drug-likeness (QED) is 0.790. The summed E-state index contributed by atoms with van der Waals surface area (Å²) < 4.78 is 25.4. The normalized spacial score (nSPS) is 31.4. The van der Waals surface area contributed by atoms with Gasteiger partial charge in [-0.3, -0.25) is 0 Å². The SMILES string of the molecule is CCC1CCC(NS(=O)(=O)CC#N)C1C. The van der Waals surface area contributed by atoms with E-state index in [2.05, 4.69) is 18.6 Å². The Morgan fingerprint density at radius 2 is 2.13 bits per heavy atom. The Hall–Kier alpha value is -0.600. The van der Waals surface area contributed by atoms with Crippen molar-refractivity contribution in [3.63, 3.8) is 0 Å². The number of nitrogens with one attached hydrogen (secondary N) is 1. The molecule has 15 heavy (non-hydrogen) atoms. The third-order valence-corrected chi connectivity index (χ3v) is 4.51. The fourth-order valence-electron chi connectivity index (χ4n) is 2.35. The summed E-state index contributed by atoms with van der Waals surface area (Å²) in [6.07, 6.45) is 3.07. The molecule has 5 heteroatoms. The summed E-state index contributed by atoms with van der Waals surface area (Å²) >= 11 is 0. The fourth-order valence-corrected chi connectivity index (χ4v) is 3.39. The van der Waals surface area contributed by atoms with E-state index < -0.39 is 15.8 Å². The van der Waals surface area contributed by atoms with E-state index in [1.165, 1.54) is 0 Å². The lowest BCUT2D eigenvalue weighted by Crippen LogP contribution is -2.38. The maximum absolute atomic E-state index is 11.4. The average Bonchev–Trinajstić information content (AvgIpc) is 2.47. The second-order valence-corrected chi connectivity index (χ2v) is 6.00. The second-order valence-electron chi connectivity index (χ2n) is 4.25. The molecule has 0 spiro atoms. The summed E-state index contributed by atoms with van der Waals surface area (Å²) in [6, 6.07) is 1.69. The minimum atomic E-state index is -3.39. The van der Waals surface area contributed by atoms with Gasteiger partial charge in [0, 0.05) is 6.04 Å². The topological polar surface area (TPSA) is 70.0 Å². The Balaban J connectivity index is 2.58. The van der Waals surface area contributed by atoms with Gasteiger partial charge >= 0.3 is 0 Å². The van der Waals surface area contributed by atoms with Crippen molar-refractivity contribution in [3.8, 4) is 6.07 Å². The highest BCUT2D eigenvalue weighted by molar-refractivity contribution is 7.89. The molecule has 86 valence electrons. The number of nitrogens with zero attached hydrogens (tertiary/aromatic N) is 1. The molecule has 0 aliphatic heterocycles. The molecule has 0 amide bonds. The molecule has 1 saturated carbocycles. The molecule has 3 atom stereocenters. The highest BCUT2D eigenvalue weighted by Gasteiger charge is 2.33. The maximum Gasteiger partial charge on any atom is 0.225 e. The van der Waals surface area contributed by atoms with Gasteiger partial charge in [-0.2, -0.15) is 5.26 Å². The summed E-state index contributed by atoms with van der Waals surface area (Å²) in [7, 11) is -3.39. The number of nitriles is 1. The van der Waals surface area contributed by atoms with Crippen molar-refractivity contribution in [2.75, 3.05) is 5.75 Å². The maximum atomic E-state index is 11.4. The van der Waals surface area contributed by atoms with Crippen molar-refractivity contribution in [2.45, 2.75) is 39.2 Å². The van der Waals surface area contributed by atoms with E-state index >= 15 is 0 Å². The van der Waals surface area contributed by atoms with Crippen LogP contribution in [0, 0.1) is 23.2 Å². The second kappa shape index (κ2) is 4.95. The molecule has 0 aromatic heterocycles. The van der Waals surface area contributed by atoms with Gasteiger partial charge in [-0.05, 0) is 24.7 Å². The smallest absolute Gasteiger partial charge is 0.211 e. The lowest BCUT2D eigenvalue weighted by atomic mass is 9.94. The predicted octanol–water partition coefficient (Wildman–Crippen LogP) is 1.25. The van der Waals surface area contributed by atoms with Crippen molar-refractivity contribution >= 4 is 10.0 Å². The van der Waals surface area contributed by atoms with Crippen LogP contribution in [0.15, 0.2) is 0 Å². The third-order valence-electron chi connectivity index (χ3n) is 3.34. The molecule has 3 unspecified atom stereocenters. The zero-order chi connectivity index (χ0) is 11.5. The van der Waals surface area contributed by atoms with E-state index in [4.69, 9.17) is 5.26 Å². The van der Waals surface area contributed by atoms with Gasteiger partial charge in [0.2, 0.25) is 10.0 Å². The summed E-state index contributed by atoms with van der Waals surface area (Å²) in [4.78, 5) is 0. The summed E-state index contributed by atoms with van der Waals surface area (Å²) in [5, 5.41) is 8.37. The van der Waals surface area contributed by atoms with Crippen LogP contribution in [0.5, 0.6) is 0 Å². The molecule has 1 N–H and O–H groups in total. The van der Waals surface area contributed by atoms with Gasteiger partial charge in [-0.25, -0.2) is 13.1 Å². The summed E-state index contributed by atoms with van der Waals surface area (Å²) in [5.41, 5.74) is 0. The number of rotatable bonds is 4. The molecule has 0 bridgehead atoms. The number of hydrogen-bond acceptors (Lipinski definition) is 3. The predicted molar refractivity (Wildman–Crippen MR) is 58.5 cm³/mol. The minimum absolute atomic E-state index is 0.0216. The van der Waals surface area contributed by atoms with Crippen LogP contribution in [0.2, 0.25) is 0 Å². The molecule has 1 rings (SSSR count). The van der Waals surface area contributed by atoms with Gasteiger partial charge < -0.3 is 0 Å². The van der Waals surface area contributed by atoms with Crippen molar-refractivity contribution in [1.29, 1.82) is 5.26 Å². The first-order chi connectivity index (χ1) is 7.00.